The third-order valence-electron chi connectivity index (χ3n) is 4.71. The van der Waals surface area contributed by atoms with Gasteiger partial charge in [0.2, 0.25) is 0 Å². The number of aromatic nitrogens is 2. The van der Waals surface area contributed by atoms with E-state index in [-0.39, 0.29) is 27.9 Å². The lowest BCUT2D eigenvalue weighted by Gasteiger charge is -2.13. The maximum Gasteiger partial charge on any atom is 0.271 e. The van der Waals surface area contributed by atoms with Crippen molar-refractivity contribution in [3.63, 3.8) is 0 Å². The zero-order valence-electron chi connectivity index (χ0n) is 16.2. The van der Waals surface area contributed by atoms with Crippen molar-refractivity contribution in [3.05, 3.63) is 114 Å². The minimum absolute atomic E-state index is 0.0170. The molecule has 0 aliphatic carbocycles. The number of halogens is 1. The van der Waals surface area contributed by atoms with Crippen LogP contribution in [0.3, 0.4) is 0 Å². The first-order chi connectivity index (χ1) is 15.3. The average Bonchev–Trinajstić information content (AvgIpc) is 2.78. The van der Waals surface area contributed by atoms with E-state index in [4.69, 9.17) is 11.6 Å². The van der Waals surface area contributed by atoms with Crippen LogP contribution in [0, 0.1) is 20.2 Å². The van der Waals surface area contributed by atoms with Crippen LogP contribution in [0.2, 0.25) is 5.02 Å². The molecule has 0 aliphatic rings. The molecular weight excluding hydrogens is 436 g/mol. The first-order valence-electron chi connectivity index (χ1n) is 9.24. The van der Waals surface area contributed by atoms with Gasteiger partial charge in [0, 0.05) is 24.3 Å². The van der Waals surface area contributed by atoms with E-state index in [0.717, 1.165) is 0 Å². The normalized spacial score (nSPS) is 11.2. The summed E-state index contributed by atoms with van der Waals surface area (Å²) in [5.74, 6) is 0.239. The van der Waals surface area contributed by atoms with Crippen LogP contribution in [0.4, 0.5) is 11.4 Å². The molecule has 4 rings (SSSR count). The van der Waals surface area contributed by atoms with Crippen LogP contribution in [-0.4, -0.2) is 19.4 Å². The monoisotopic (exact) mass is 448 g/mol. The Labute approximate surface area is 185 Å². The van der Waals surface area contributed by atoms with Crippen molar-refractivity contribution in [2.75, 3.05) is 0 Å². The van der Waals surface area contributed by atoms with Gasteiger partial charge in [-0.2, -0.15) is 0 Å². The SMILES string of the molecule is O=c1c2ccccc2nc(/C=C/c2ccc([N+](=O)[O-])cc2)n1-c1ccc([N+](=O)[O-])cc1Cl. The van der Waals surface area contributed by atoms with Gasteiger partial charge in [0.05, 0.1) is 31.5 Å². The van der Waals surface area contributed by atoms with E-state index in [0.29, 0.717) is 16.5 Å². The molecule has 9 nitrogen and oxygen atoms in total. The summed E-state index contributed by atoms with van der Waals surface area (Å²) in [6.07, 6.45) is 3.23. The lowest BCUT2D eigenvalue weighted by atomic mass is 10.2. The van der Waals surface area contributed by atoms with Crippen LogP contribution in [0.1, 0.15) is 11.4 Å². The number of benzene rings is 3. The van der Waals surface area contributed by atoms with E-state index in [2.05, 4.69) is 4.98 Å². The molecule has 158 valence electrons. The molecule has 0 radical (unpaired) electrons. The molecule has 1 heterocycles. The fourth-order valence-electron chi connectivity index (χ4n) is 3.16. The van der Waals surface area contributed by atoms with Crippen LogP contribution in [0.5, 0.6) is 0 Å². The van der Waals surface area contributed by atoms with Crippen LogP contribution in [0.25, 0.3) is 28.7 Å². The Morgan fingerprint density at radius 2 is 1.53 bits per heavy atom. The summed E-state index contributed by atoms with van der Waals surface area (Å²) >= 11 is 6.29. The van der Waals surface area contributed by atoms with Crippen molar-refractivity contribution in [2.24, 2.45) is 0 Å². The van der Waals surface area contributed by atoms with E-state index >= 15 is 0 Å². The fraction of sp³-hybridized carbons (Fsp3) is 0. The van der Waals surface area contributed by atoms with Gasteiger partial charge in [0.25, 0.3) is 16.9 Å². The summed E-state index contributed by atoms with van der Waals surface area (Å²) in [5, 5.41) is 22.3. The van der Waals surface area contributed by atoms with Crippen LogP contribution in [-0.2, 0) is 0 Å². The van der Waals surface area contributed by atoms with Crippen molar-refractivity contribution < 1.29 is 9.85 Å². The Kier molecular flexibility index (Phi) is 5.48. The molecule has 0 saturated heterocycles. The predicted octanol–water partition coefficient (Wildman–Crippen LogP) is 5.03. The number of para-hydroxylation sites is 1. The Morgan fingerprint density at radius 1 is 0.875 bits per heavy atom. The van der Waals surface area contributed by atoms with Gasteiger partial charge in [0.15, 0.2) is 0 Å². The Hall–Kier alpha value is -4.37. The molecule has 1 aromatic heterocycles. The zero-order valence-corrected chi connectivity index (χ0v) is 17.0. The average molecular weight is 449 g/mol. The largest absolute Gasteiger partial charge is 0.271 e. The number of nitro groups is 2. The molecule has 0 bridgehead atoms. The Morgan fingerprint density at radius 3 is 2.19 bits per heavy atom. The first-order valence-corrected chi connectivity index (χ1v) is 9.61. The van der Waals surface area contributed by atoms with Gasteiger partial charge >= 0.3 is 0 Å². The zero-order chi connectivity index (χ0) is 22.8. The van der Waals surface area contributed by atoms with Gasteiger partial charge in [-0.3, -0.25) is 29.6 Å². The van der Waals surface area contributed by atoms with Crippen molar-refractivity contribution in [3.8, 4) is 5.69 Å². The summed E-state index contributed by atoms with van der Waals surface area (Å²) in [4.78, 5) is 38.6. The summed E-state index contributed by atoms with van der Waals surface area (Å²) in [6, 6.07) is 16.5. The van der Waals surface area contributed by atoms with Gasteiger partial charge in [-0.05, 0) is 42.0 Å². The summed E-state index contributed by atoms with van der Waals surface area (Å²) in [7, 11) is 0. The van der Waals surface area contributed by atoms with Crippen LogP contribution in [0.15, 0.2) is 71.5 Å². The number of hydrogen-bond acceptors (Lipinski definition) is 6. The van der Waals surface area contributed by atoms with Gasteiger partial charge < -0.3 is 0 Å². The topological polar surface area (TPSA) is 121 Å². The molecule has 0 aliphatic heterocycles. The second-order valence-corrected chi connectivity index (χ2v) is 7.11. The molecule has 0 spiro atoms. The van der Waals surface area contributed by atoms with E-state index < -0.39 is 15.4 Å². The first kappa shape index (κ1) is 20.9. The number of nitro benzene ring substituents is 2. The van der Waals surface area contributed by atoms with Crippen molar-refractivity contribution in [2.45, 2.75) is 0 Å². The van der Waals surface area contributed by atoms with Gasteiger partial charge in [-0.25, -0.2) is 4.98 Å². The molecule has 10 heteroatoms. The number of nitrogens with zero attached hydrogens (tertiary/aromatic N) is 4. The van der Waals surface area contributed by atoms with E-state index in [9.17, 15) is 25.0 Å². The lowest BCUT2D eigenvalue weighted by molar-refractivity contribution is -0.385. The second kappa shape index (κ2) is 8.40. The third kappa shape index (κ3) is 3.96. The maximum absolute atomic E-state index is 13.3. The van der Waals surface area contributed by atoms with Crippen molar-refractivity contribution in [1.82, 2.24) is 9.55 Å². The molecule has 0 N–H and O–H groups in total. The molecule has 0 unspecified atom stereocenters. The second-order valence-electron chi connectivity index (χ2n) is 6.70. The molecule has 0 atom stereocenters. The number of hydrogen-bond donors (Lipinski definition) is 0. The molecule has 3 aromatic carbocycles. The van der Waals surface area contributed by atoms with Gasteiger partial charge in [0.1, 0.15) is 5.82 Å². The predicted molar refractivity (Wildman–Crippen MR) is 121 cm³/mol. The number of non-ortho nitro benzene ring substituents is 2. The van der Waals surface area contributed by atoms with Gasteiger partial charge in [-0.15, -0.1) is 0 Å². The lowest BCUT2D eigenvalue weighted by Crippen LogP contribution is -2.22. The minimum atomic E-state index is -0.577. The summed E-state index contributed by atoms with van der Waals surface area (Å²) in [6.45, 7) is 0. The maximum atomic E-state index is 13.3. The quantitative estimate of drug-likeness (QED) is 0.312. The Bertz CT molecular complexity index is 1460. The minimum Gasteiger partial charge on any atom is -0.268 e. The standard InChI is InChI=1S/C22H13ClN4O5/c23-18-13-16(27(31)32)10-11-20(18)25-21(24-19-4-2-1-3-17(19)22(25)28)12-7-14-5-8-15(9-6-14)26(29)30/h1-13H/b12-7+. The van der Waals surface area contributed by atoms with E-state index in [1.807, 2.05) is 0 Å². The van der Waals surface area contributed by atoms with Crippen molar-refractivity contribution in [1.29, 1.82) is 0 Å². The molecule has 0 saturated carbocycles. The summed E-state index contributed by atoms with van der Waals surface area (Å²) < 4.78 is 1.27. The van der Waals surface area contributed by atoms with Crippen LogP contribution >= 0.6 is 11.6 Å². The molecule has 4 aromatic rings. The molecule has 32 heavy (non-hydrogen) atoms. The fourth-order valence-corrected chi connectivity index (χ4v) is 3.42. The smallest absolute Gasteiger partial charge is 0.268 e. The van der Waals surface area contributed by atoms with E-state index in [1.54, 1.807) is 48.6 Å². The molecule has 0 fully saturated rings. The van der Waals surface area contributed by atoms with E-state index in [1.165, 1.54) is 34.9 Å². The van der Waals surface area contributed by atoms with Crippen molar-refractivity contribution >= 4 is 46.0 Å². The highest BCUT2D eigenvalue weighted by Crippen LogP contribution is 2.26. The number of fused-ring (bicyclic) bond motifs is 1. The highest BCUT2D eigenvalue weighted by molar-refractivity contribution is 6.32. The highest BCUT2D eigenvalue weighted by Gasteiger charge is 2.16. The third-order valence-corrected chi connectivity index (χ3v) is 5.02. The highest BCUT2D eigenvalue weighted by atomic mass is 35.5. The Balaban J connectivity index is 1.89. The number of rotatable bonds is 5. The summed E-state index contributed by atoms with van der Waals surface area (Å²) in [5.41, 5.74) is 0.720. The van der Waals surface area contributed by atoms with Crippen LogP contribution < -0.4 is 5.56 Å². The molecular formula is C22H13ClN4O5. The van der Waals surface area contributed by atoms with Gasteiger partial charge in [-0.1, -0.05) is 29.8 Å². The molecule has 0 amide bonds.